The normalized spacial score (nSPS) is 9.42. The van der Waals surface area contributed by atoms with Gasteiger partial charge in [0.1, 0.15) is 0 Å². The molecule has 2 nitrogen and oxygen atoms in total. The molecule has 0 atom stereocenters. The summed E-state index contributed by atoms with van der Waals surface area (Å²) in [7, 11) is 0. The Labute approximate surface area is 73.1 Å². The molecular weight excluding hydrogens is 148 g/mol. The second-order valence-electron chi connectivity index (χ2n) is 2.86. The van der Waals surface area contributed by atoms with E-state index in [0.29, 0.717) is 5.82 Å². The van der Waals surface area contributed by atoms with Gasteiger partial charge in [0.25, 0.3) is 0 Å². The average molecular weight is 162 g/mol. The molecule has 0 saturated carbocycles. The minimum absolute atomic E-state index is 0.510. The first-order valence-electron chi connectivity index (χ1n) is 3.92. The highest BCUT2D eigenvalue weighted by Gasteiger charge is 1.90. The van der Waals surface area contributed by atoms with E-state index in [9.17, 15) is 0 Å². The van der Waals surface area contributed by atoms with Crippen LogP contribution in [0.25, 0.3) is 0 Å². The molecule has 0 bridgehead atoms. The Morgan fingerprint density at radius 1 is 1.42 bits per heavy atom. The molecule has 0 aliphatic heterocycles. The number of nitrogens with two attached hydrogens (primary N) is 1. The Morgan fingerprint density at radius 2 is 2.00 bits per heavy atom. The number of hydrogen-bond acceptors (Lipinski definition) is 2. The topological polar surface area (TPSA) is 38.0 Å². The lowest BCUT2D eigenvalue weighted by atomic mass is 10.1. The summed E-state index contributed by atoms with van der Waals surface area (Å²) in [5, 5.41) is 2.96. The van der Waals surface area contributed by atoms with Crippen molar-refractivity contribution < 1.29 is 0 Å². The minimum Gasteiger partial charge on any atom is -0.386 e. The second-order valence-corrected chi connectivity index (χ2v) is 2.86. The third-order valence-electron chi connectivity index (χ3n) is 1.64. The second kappa shape index (κ2) is 3.81. The zero-order valence-corrected chi connectivity index (χ0v) is 7.30. The predicted molar refractivity (Wildman–Crippen MR) is 51.3 cm³/mol. The van der Waals surface area contributed by atoms with E-state index in [2.05, 4.69) is 43.1 Å². The molecule has 1 rings (SSSR count). The minimum atomic E-state index is 0.510. The van der Waals surface area contributed by atoms with E-state index in [4.69, 9.17) is 5.73 Å². The fraction of sp³-hybridized carbons (Fsp3) is 0.200. The molecule has 0 radical (unpaired) electrons. The molecule has 0 amide bonds. The first-order chi connectivity index (χ1) is 5.68. The quantitative estimate of drug-likeness (QED) is 0.707. The molecule has 0 saturated heterocycles. The van der Waals surface area contributed by atoms with Crippen LogP contribution in [0.1, 0.15) is 11.1 Å². The van der Waals surface area contributed by atoms with Crippen molar-refractivity contribution in [1.82, 2.24) is 5.32 Å². The van der Waals surface area contributed by atoms with Gasteiger partial charge < -0.3 is 11.1 Å². The van der Waals surface area contributed by atoms with Gasteiger partial charge in [-0.3, -0.25) is 0 Å². The predicted octanol–water partition coefficient (Wildman–Crippen LogP) is 1.51. The van der Waals surface area contributed by atoms with E-state index < -0.39 is 0 Å². The van der Waals surface area contributed by atoms with Gasteiger partial charge in [-0.05, 0) is 12.5 Å². The first-order valence-corrected chi connectivity index (χ1v) is 3.92. The Morgan fingerprint density at radius 3 is 2.50 bits per heavy atom. The fourth-order valence-corrected chi connectivity index (χ4v) is 0.922. The summed E-state index contributed by atoms with van der Waals surface area (Å²) < 4.78 is 0. The molecule has 0 unspecified atom stereocenters. The van der Waals surface area contributed by atoms with Crippen molar-refractivity contribution in [2.24, 2.45) is 5.73 Å². The van der Waals surface area contributed by atoms with Gasteiger partial charge >= 0.3 is 0 Å². The van der Waals surface area contributed by atoms with E-state index in [0.717, 1.165) is 6.54 Å². The van der Waals surface area contributed by atoms with Gasteiger partial charge in [0.05, 0.1) is 5.82 Å². The lowest BCUT2D eigenvalue weighted by Crippen LogP contribution is -2.17. The van der Waals surface area contributed by atoms with Crippen molar-refractivity contribution in [3.63, 3.8) is 0 Å². The molecule has 0 aromatic heterocycles. The van der Waals surface area contributed by atoms with Gasteiger partial charge in [0.2, 0.25) is 0 Å². The molecule has 0 aliphatic carbocycles. The summed E-state index contributed by atoms with van der Waals surface area (Å²) in [5.74, 6) is 0.510. The van der Waals surface area contributed by atoms with Crippen molar-refractivity contribution >= 4 is 0 Å². The molecule has 3 N–H and O–H groups in total. The summed E-state index contributed by atoms with van der Waals surface area (Å²) in [6, 6.07) is 8.31. The molecule has 12 heavy (non-hydrogen) atoms. The maximum atomic E-state index is 5.36. The van der Waals surface area contributed by atoms with Crippen LogP contribution in [-0.2, 0) is 6.54 Å². The highest BCUT2D eigenvalue weighted by Crippen LogP contribution is 2.02. The summed E-state index contributed by atoms with van der Waals surface area (Å²) in [5.41, 5.74) is 7.85. The third-order valence-corrected chi connectivity index (χ3v) is 1.64. The van der Waals surface area contributed by atoms with Crippen molar-refractivity contribution in [2.75, 3.05) is 0 Å². The largest absolute Gasteiger partial charge is 0.386 e. The van der Waals surface area contributed by atoms with Gasteiger partial charge in [-0.15, -0.1) is 0 Å². The SMILES string of the molecule is C=C(N)NCc1ccc(C)cc1. The zero-order valence-electron chi connectivity index (χ0n) is 7.30. The van der Waals surface area contributed by atoms with Crippen LogP contribution in [0.3, 0.4) is 0 Å². The van der Waals surface area contributed by atoms with Crippen LogP contribution in [0, 0.1) is 6.92 Å². The Kier molecular flexibility index (Phi) is 2.75. The molecule has 0 fully saturated rings. The summed E-state index contributed by atoms with van der Waals surface area (Å²) in [6.45, 7) is 6.37. The molecule has 1 aromatic rings. The van der Waals surface area contributed by atoms with Crippen molar-refractivity contribution in [1.29, 1.82) is 0 Å². The van der Waals surface area contributed by atoms with Gasteiger partial charge in [0.15, 0.2) is 0 Å². The standard InChI is InChI=1S/C10H14N2/c1-8-3-5-10(6-4-8)7-12-9(2)11/h3-6,12H,2,7,11H2,1H3. The number of rotatable bonds is 3. The average Bonchev–Trinajstić information content (AvgIpc) is 2.03. The highest BCUT2D eigenvalue weighted by atomic mass is 15.0. The molecule has 0 aliphatic rings. The maximum absolute atomic E-state index is 5.36. The lowest BCUT2D eigenvalue weighted by Gasteiger charge is -2.04. The Hall–Kier alpha value is -1.44. The number of benzene rings is 1. The Bertz CT molecular complexity index is 262. The zero-order chi connectivity index (χ0) is 8.97. The third kappa shape index (κ3) is 2.66. The van der Waals surface area contributed by atoms with E-state index >= 15 is 0 Å². The van der Waals surface area contributed by atoms with E-state index in [1.807, 2.05) is 0 Å². The number of hydrogen-bond donors (Lipinski definition) is 2. The van der Waals surface area contributed by atoms with Crippen LogP contribution < -0.4 is 11.1 Å². The van der Waals surface area contributed by atoms with Crippen LogP contribution in [0.4, 0.5) is 0 Å². The van der Waals surface area contributed by atoms with Crippen molar-refractivity contribution in [3.05, 3.63) is 47.8 Å². The molecule has 0 heterocycles. The molecule has 0 spiro atoms. The van der Waals surface area contributed by atoms with E-state index in [1.165, 1.54) is 11.1 Å². The summed E-state index contributed by atoms with van der Waals surface area (Å²) >= 11 is 0. The first kappa shape index (κ1) is 8.65. The van der Waals surface area contributed by atoms with Gasteiger partial charge in [-0.1, -0.05) is 36.4 Å². The van der Waals surface area contributed by atoms with Crippen LogP contribution in [-0.4, -0.2) is 0 Å². The van der Waals surface area contributed by atoms with Crippen LogP contribution in [0.2, 0.25) is 0 Å². The molecule has 64 valence electrons. The van der Waals surface area contributed by atoms with Gasteiger partial charge in [0, 0.05) is 6.54 Å². The molecule has 1 aromatic carbocycles. The lowest BCUT2D eigenvalue weighted by molar-refractivity contribution is 0.804. The smallest absolute Gasteiger partial charge is 0.0888 e. The van der Waals surface area contributed by atoms with Crippen LogP contribution >= 0.6 is 0 Å². The highest BCUT2D eigenvalue weighted by molar-refractivity contribution is 5.21. The summed E-state index contributed by atoms with van der Waals surface area (Å²) in [6.07, 6.45) is 0. The van der Waals surface area contributed by atoms with Crippen molar-refractivity contribution in [2.45, 2.75) is 13.5 Å². The fourth-order valence-electron chi connectivity index (χ4n) is 0.922. The van der Waals surface area contributed by atoms with Crippen LogP contribution in [0.15, 0.2) is 36.7 Å². The Balaban J connectivity index is 2.53. The summed E-state index contributed by atoms with van der Waals surface area (Å²) in [4.78, 5) is 0. The number of aryl methyl sites for hydroxylation is 1. The van der Waals surface area contributed by atoms with E-state index in [-0.39, 0.29) is 0 Å². The van der Waals surface area contributed by atoms with Gasteiger partial charge in [-0.2, -0.15) is 0 Å². The molecular formula is C10H14N2. The van der Waals surface area contributed by atoms with Gasteiger partial charge in [-0.25, -0.2) is 0 Å². The van der Waals surface area contributed by atoms with Crippen LogP contribution in [0.5, 0.6) is 0 Å². The molecule has 2 heteroatoms. The maximum Gasteiger partial charge on any atom is 0.0888 e. The monoisotopic (exact) mass is 162 g/mol. The number of nitrogens with one attached hydrogen (secondary N) is 1. The van der Waals surface area contributed by atoms with Crippen molar-refractivity contribution in [3.8, 4) is 0 Å². The van der Waals surface area contributed by atoms with E-state index in [1.54, 1.807) is 0 Å².